The van der Waals surface area contributed by atoms with E-state index in [1.165, 1.54) is 12.8 Å². The van der Waals surface area contributed by atoms with Gasteiger partial charge >= 0.3 is 0 Å². The Morgan fingerprint density at radius 3 is 1.38 bits per heavy atom. The van der Waals surface area contributed by atoms with Crippen molar-refractivity contribution in [3.05, 3.63) is 48.6 Å². The fourth-order valence-electron chi connectivity index (χ4n) is 8.06. The highest BCUT2D eigenvalue weighted by molar-refractivity contribution is 6.91. The lowest BCUT2D eigenvalue weighted by Crippen LogP contribution is -2.57. The zero-order valence-corrected chi connectivity index (χ0v) is 17.7. The van der Waals surface area contributed by atoms with Crippen LogP contribution in [0.1, 0.15) is 12.8 Å². The second-order valence-electron chi connectivity index (χ2n) is 10.4. The van der Waals surface area contributed by atoms with Gasteiger partial charge in [-0.3, -0.25) is 0 Å². The summed E-state index contributed by atoms with van der Waals surface area (Å²) in [5.74, 6) is 3.48. The van der Waals surface area contributed by atoms with E-state index in [4.69, 9.17) is 0 Å². The smallest absolute Gasteiger partial charge is 0.0542 e. The molecular formula is C22H32Si2. The van der Waals surface area contributed by atoms with Crippen molar-refractivity contribution in [1.29, 1.82) is 0 Å². The van der Waals surface area contributed by atoms with Crippen molar-refractivity contribution in [3.8, 4) is 0 Å². The summed E-state index contributed by atoms with van der Waals surface area (Å²) in [6, 6.07) is 0. The van der Waals surface area contributed by atoms with Crippen molar-refractivity contribution in [2.45, 2.75) is 61.2 Å². The molecule has 1 saturated heterocycles. The zero-order chi connectivity index (χ0) is 16.7. The lowest BCUT2D eigenvalue weighted by molar-refractivity contribution is 0.529. The Bertz CT molecular complexity index is 607. The van der Waals surface area contributed by atoms with Crippen LogP contribution in [0.2, 0.25) is 48.4 Å². The molecule has 3 fully saturated rings. The van der Waals surface area contributed by atoms with E-state index in [1.807, 2.05) is 0 Å². The third-order valence-corrected chi connectivity index (χ3v) is 19.7. The largest absolute Gasteiger partial charge is 0.0809 e. The molecule has 5 aliphatic rings. The molecular weight excluding hydrogens is 320 g/mol. The van der Waals surface area contributed by atoms with Crippen molar-refractivity contribution in [1.82, 2.24) is 0 Å². The minimum Gasteiger partial charge on any atom is -0.0809 e. The lowest BCUT2D eigenvalue weighted by atomic mass is 9.92. The van der Waals surface area contributed by atoms with Crippen molar-refractivity contribution in [2.75, 3.05) is 0 Å². The minimum absolute atomic E-state index is 0.861. The predicted molar refractivity (Wildman–Crippen MR) is 110 cm³/mol. The van der Waals surface area contributed by atoms with E-state index in [2.05, 4.69) is 74.8 Å². The third kappa shape index (κ3) is 1.85. The van der Waals surface area contributed by atoms with Gasteiger partial charge in [0.1, 0.15) is 0 Å². The van der Waals surface area contributed by atoms with Gasteiger partial charge in [-0.1, -0.05) is 74.8 Å². The number of rotatable bonds is 0. The van der Waals surface area contributed by atoms with Gasteiger partial charge in [-0.2, -0.15) is 0 Å². The Kier molecular flexibility index (Phi) is 3.24. The first-order chi connectivity index (χ1) is 11.4. The molecule has 8 atom stereocenters. The Morgan fingerprint density at radius 2 is 0.958 bits per heavy atom. The summed E-state index contributed by atoms with van der Waals surface area (Å²) in [4.78, 5) is 0. The van der Waals surface area contributed by atoms with Crippen LogP contribution >= 0.6 is 0 Å². The van der Waals surface area contributed by atoms with Gasteiger partial charge in [-0.15, -0.1) is 0 Å². The summed E-state index contributed by atoms with van der Waals surface area (Å²) in [7, 11) is -2.51. The molecule has 2 saturated carbocycles. The normalized spacial score (nSPS) is 51.8. The summed E-state index contributed by atoms with van der Waals surface area (Å²) in [5, 5.41) is 0. The van der Waals surface area contributed by atoms with E-state index in [9.17, 15) is 0 Å². The number of fused-ring (bicyclic) bond motifs is 6. The fraction of sp³-hybridized carbons (Fsp3) is 0.636. The summed E-state index contributed by atoms with van der Waals surface area (Å²) >= 11 is 0. The van der Waals surface area contributed by atoms with Gasteiger partial charge in [-0.05, 0) is 58.7 Å². The summed E-state index contributed by atoms with van der Waals surface area (Å²) < 4.78 is 0. The van der Waals surface area contributed by atoms with Crippen LogP contribution in [0.15, 0.2) is 48.6 Å². The van der Waals surface area contributed by atoms with Crippen LogP contribution < -0.4 is 0 Å². The van der Waals surface area contributed by atoms with Gasteiger partial charge in [-0.25, -0.2) is 0 Å². The maximum Gasteiger partial charge on any atom is 0.0542 e. The average Bonchev–Trinajstić information content (AvgIpc) is 3.14. The number of hydrogen-bond donors (Lipinski definition) is 0. The molecule has 0 aromatic carbocycles. The van der Waals surface area contributed by atoms with E-state index in [0.717, 1.165) is 45.8 Å². The molecule has 0 amide bonds. The van der Waals surface area contributed by atoms with E-state index in [0.29, 0.717) is 0 Å². The van der Waals surface area contributed by atoms with Crippen LogP contribution in [0.5, 0.6) is 0 Å². The molecule has 5 rings (SSSR count). The highest BCUT2D eigenvalue weighted by Gasteiger charge is 2.67. The first kappa shape index (κ1) is 15.6. The minimum atomic E-state index is -1.25. The first-order valence-electron chi connectivity index (χ1n) is 10.1. The maximum atomic E-state index is 2.78. The highest BCUT2D eigenvalue weighted by atomic mass is 28.3. The molecule has 0 aromatic rings. The molecule has 8 unspecified atom stereocenters. The molecule has 0 nitrogen and oxygen atoms in total. The predicted octanol–water partition coefficient (Wildman–Crippen LogP) is 6.42. The highest BCUT2D eigenvalue weighted by Crippen LogP contribution is 2.74. The van der Waals surface area contributed by atoms with Crippen LogP contribution in [-0.2, 0) is 0 Å². The van der Waals surface area contributed by atoms with Gasteiger partial charge in [0, 0.05) is 0 Å². The average molecular weight is 353 g/mol. The molecule has 0 aromatic heterocycles. The molecule has 24 heavy (non-hydrogen) atoms. The number of allylic oxidation sites excluding steroid dienone is 8. The summed E-state index contributed by atoms with van der Waals surface area (Å²) in [6.45, 7) is 11.1. The SMILES string of the molecule is C[Si]1(C)C2CC3C=CC=CC3C2[Si](C)(C)C2CC3C=CC=CC3C21. The molecule has 0 radical (unpaired) electrons. The van der Waals surface area contributed by atoms with Crippen molar-refractivity contribution >= 4 is 16.1 Å². The van der Waals surface area contributed by atoms with E-state index in [1.54, 1.807) is 0 Å². The second kappa shape index (κ2) is 4.97. The Hall–Kier alpha value is -0.606. The topological polar surface area (TPSA) is 0 Å². The van der Waals surface area contributed by atoms with Gasteiger partial charge in [0.05, 0.1) is 16.1 Å². The van der Waals surface area contributed by atoms with Crippen LogP contribution in [0.3, 0.4) is 0 Å². The quantitative estimate of drug-likeness (QED) is 0.441. The monoisotopic (exact) mass is 352 g/mol. The van der Waals surface area contributed by atoms with Gasteiger partial charge in [0.2, 0.25) is 0 Å². The second-order valence-corrected chi connectivity index (χ2v) is 20.5. The Labute approximate surface area is 149 Å². The Morgan fingerprint density at radius 1 is 0.583 bits per heavy atom. The third-order valence-electron chi connectivity index (χ3n) is 8.97. The molecule has 1 aliphatic heterocycles. The van der Waals surface area contributed by atoms with Crippen molar-refractivity contribution in [3.63, 3.8) is 0 Å². The van der Waals surface area contributed by atoms with Crippen LogP contribution in [0.25, 0.3) is 0 Å². The molecule has 4 aliphatic carbocycles. The van der Waals surface area contributed by atoms with E-state index >= 15 is 0 Å². The van der Waals surface area contributed by atoms with Gasteiger partial charge in [0.25, 0.3) is 0 Å². The molecule has 0 bridgehead atoms. The molecule has 0 spiro atoms. The van der Waals surface area contributed by atoms with Crippen LogP contribution in [0, 0.1) is 23.7 Å². The summed E-state index contributed by atoms with van der Waals surface area (Å²) in [5.41, 5.74) is 4.25. The summed E-state index contributed by atoms with van der Waals surface area (Å²) in [6.07, 6.45) is 22.7. The zero-order valence-electron chi connectivity index (χ0n) is 15.7. The van der Waals surface area contributed by atoms with E-state index < -0.39 is 16.1 Å². The van der Waals surface area contributed by atoms with Gasteiger partial charge < -0.3 is 0 Å². The molecule has 1 heterocycles. The van der Waals surface area contributed by atoms with Crippen LogP contribution in [0.4, 0.5) is 0 Å². The molecule has 2 heteroatoms. The lowest BCUT2D eigenvalue weighted by Gasteiger charge is -2.57. The fourth-order valence-corrected chi connectivity index (χ4v) is 23.3. The standard InChI is InChI=1S/C22H32Si2/c1-23(2)19-13-15-9-6-8-12-18(15)22(19)24(3,4)20-14-16-10-5-7-11-17(16)21(20)23/h5-12,15-22H,13-14H2,1-4H3. The van der Waals surface area contributed by atoms with E-state index in [-0.39, 0.29) is 0 Å². The van der Waals surface area contributed by atoms with Crippen molar-refractivity contribution in [2.24, 2.45) is 23.7 Å². The number of hydrogen-bond acceptors (Lipinski definition) is 0. The van der Waals surface area contributed by atoms with Crippen molar-refractivity contribution < 1.29 is 0 Å². The maximum absolute atomic E-state index is 2.78. The first-order valence-corrected chi connectivity index (χ1v) is 16.4. The molecule has 128 valence electrons. The Balaban J connectivity index is 1.62. The van der Waals surface area contributed by atoms with Crippen LogP contribution in [-0.4, -0.2) is 16.1 Å². The molecule has 0 N–H and O–H groups in total. The van der Waals surface area contributed by atoms with Gasteiger partial charge in [0.15, 0.2) is 0 Å².